The first-order valence-electron chi connectivity index (χ1n) is 11.1. The van der Waals surface area contributed by atoms with Gasteiger partial charge in [0, 0.05) is 12.5 Å². The van der Waals surface area contributed by atoms with Crippen LogP contribution < -0.4 is 10.6 Å². The highest BCUT2D eigenvalue weighted by molar-refractivity contribution is 5.90. The molecular weight excluding hydrogens is 422 g/mol. The summed E-state index contributed by atoms with van der Waals surface area (Å²) in [5.74, 6) is -1.71. The molecule has 3 N–H and O–H groups in total. The summed E-state index contributed by atoms with van der Waals surface area (Å²) in [7, 11) is 3.46. The molecule has 33 heavy (non-hydrogen) atoms. The highest BCUT2D eigenvalue weighted by Gasteiger charge is 2.39. The minimum absolute atomic E-state index is 0.0146. The topological polar surface area (TPSA) is 108 Å². The van der Waals surface area contributed by atoms with E-state index in [1.807, 2.05) is 36.4 Å². The highest BCUT2D eigenvalue weighted by atomic mass is 16.5. The van der Waals surface area contributed by atoms with E-state index in [4.69, 9.17) is 4.74 Å². The fraction of sp³-hybridized carbons (Fsp3) is 0.400. The van der Waals surface area contributed by atoms with Crippen molar-refractivity contribution in [2.24, 2.45) is 5.92 Å². The van der Waals surface area contributed by atoms with E-state index in [0.29, 0.717) is 0 Å². The molecule has 1 saturated carbocycles. The maximum absolute atomic E-state index is 12.8. The number of fused-ring (bicyclic) bond motifs is 3. The van der Waals surface area contributed by atoms with Gasteiger partial charge in [0.15, 0.2) is 0 Å². The van der Waals surface area contributed by atoms with Crippen molar-refractivity contribution in [2.75, 3.05) is 27.2 Å². The van der Waals surface area contributed by atoms with Crippen LogP contribution in [0.5, 0.6) is 0 Å². The van der Waals surface area contributed by atoms with Crippen molar-refractivity contribution in [3.63, 3.8) is 0 Å². The Bertz CT molecular complexity index is 1000. The molecule has 2 atom stereocenters. The number of hydrogen-bond acceptors (Lipinski definition) is 5. The number of carbonyl (C=O) groups excluding carboxylic acids is 2. The van der Waals surface area contributed by atoms with Gasteiger partial charge in [0.1, 0.15) is 18.7 Å². The van der Waals surface area contributed by atoms with Gasteiger partial charge in [0.25, 0.3) is 0 Å². The molecular formula is C25H29N3O5. The second kappa shape index (κ2) is 9.62. The molecule has 0 heterocycles. The molecule has 0 spiro atoms. The van der Waals surface area contributed by atoms with Crippen molar-refractivity contribution >= 4 is 18.0 Å². The smallest absolute Gasteiger partial charge is 0.407 e. The normalized spacial score (nSPS) is 16.5. The van der Waals surface area contributed by atoms with E-state index in [1.54, 1.807) is 19.0 Å². The molecule has 2 aromatic carbocycles. The molecule has 0 bridgehead atoms. The first-order chi connectivity index (χ1) is 15.8. The molecule has 0 aliphatic heterocycles. The molecule has 2 amide bonds. The van der Waals surface area contributed by atoms with Crippen LogP contribution in [-0.4, -0.2) is 67.3 Å². The summed E-state index contributed by atoms with van der Waals surface area (Å²) in [5, 5.41) is 14.6. The summed E-state index contributed by atoms with van der Waals surface area (Å²) in [4.78, 5) is 38.6. The second-order valence-corrected chi connectivity index (χ2v) is 8.95. The first-order valence-corrected chi connectivity index (χ1v) is 11.1. The molecule has 8 heteroatoms. The van der Waals surface area contributed by atoms with Gasteiger partial charge in [-0.2, -0.15) is 0 Å². The lowest BCUT2D eigenvalue weighted by Crippen LogP contribution is -2.55. The number of carboxylic acid groups (broad SMARTS) is 1. The van der Waals surface area contributed by atoms with Gasteiger partial charge in [-0.05, 0) is 55.1 Å². The predicted molar refractivity (Wildman–Crippen MR) is 123 cm³/mol. The lowest BCUT2D eigenvalue weighted by molar-refractivity contribution is -0.142. The van der Waals surface area contributed by atoms with E-state index in [0.717, 1.165) is 35.1 Å². The van der Waals surface area contributed by atoms with Crippen LogP contribution in [0.3, 0.4) is 0 Å². The Labute approximate surface area is 192 Å². The van der Waals surface area contributed by atoms with Crippen molar-refractivity contribution < 1.29 is 24.2 Å². The number of benzene rings is 2. The predicted octanol–water partition coefficient (Wildman–Crippen LogP) is 2.43. The number of alkyl carbamates (subject to hydrolysis) is 1. The van der Waals surface area contributed by atoms with Crippen molar-refractivity contribution in [3.05, 3.63) is 59.7 Å². The average molecular weight is 452 g/mol. The molecule has 1 fully saturated rings. The van der Waals surface area contributed by atoms with Gasteiger partial charge in [-0.1, -0.05) is 48.5 Å². The Kier molecular flexibility index (Phi) is 6.65. The summed E-state index contributed by atoms with van der Waals surface area (Å²) in [6.07, 6.45) is 0.920. The SMILES string of the molecule is CN(C)C[C@H](NC(=O)C(NC(=O)OCC1c2ccccc2-c2ccccc21)C1CC1)C(=O)O. The number of nitrogens with zero attached hydrogens (tertiary/aromatic N) is 1. The zero-order valence-electron chi connectivity index (χ0n) is 18.8. The molecule has 1 unspecified atom stereocenters. The summed E-state index contributed by atoms with van der Waals surface area (Å²) in [5.41, 5.74) is 4.49. The zero-order valence-corrected chi connectivity index (χ0v) is 18.8. The van der Waals surface area contributed by atoms with Crippen molar-refractivity contribution in [3.8, 4) is 11.1 Å². The highest BCUT2D eigenvalue weighted by Crippen LogP contribution is 2.44. The maximum atomic E-state index is 12.8. The number of likely N-dealkylation sites (N-methyl/N-ethyl adjacent to an activating group) is 1. The summed E-state index contributed by atoms with van der Waals surface area (Å²) in [6, 6.07) is 14.3. The Morgan fingerprint density at radius 2 is 1.58 bits per heavy atom. The van der Waals surface area contributed by atoms with Crippen molar-refractivity contribution in [1.82, 2.24) is 15.5 Å². The van der Waals surface area contributed by atoms with E-state index in [-0.39, 0.29) is 25.0 Å². The molecule has 0 radical (unpaired) electrons. The Hall–Kier alpha value is -3.39. The molecule has 2 aliphatic rings. The second-order valence-electron chi connectivity index (χ2n) is 8.95. The third kappa shape index (κ3) is 5.17. The minimum atomic E-state index is -1.12. The number of nitrogens with one attached hydrogen (secondary N) is 2. The van der Waals surface area contributed by atoms with Crippen LogP contribution in [0.2, 0.25) is 0 Å². The molecule has 0 saturated heterocycles. The average Bonchev–Trinajstić information content (AvgIpc) is 3.57. The number of ether oxygens (including phenoxy) is 1. The quantitative estimate of drug-likeness (QED) is 0.541. The lowest BCUT2D eigenvalue weighted by atomic mass is 9.98. The molecule has 2 aromatic rings. The van der Waals surface area contributed by atoms with Crippen molar-refractivity contribution in [2.45, 2.75) is 30.8 Å². The van der Waals surface area contributed by atoms with Gasteiger partial charge in [0.2, 0.25) is 5.91 Å². The van der Waals surface area contributed by atoms with Crippen LogP contribution in [0.1, 0.15) is 29.9 Å². The van der Waals surface area contributed by atoms with Crippen LogP contribution in [0.25, 0.3) is 11.1 Å². The Balaban J connectivity index is 1.39. The summed E-state index contributed by atoms with van der Waals surface area (Å²) < 4.78 is 5.56. The molecule has 4 rings (SSSR count). The van der Waals surface area contributed by atoms with Crippen molar-refractivity contribution in [1.29, 1.82) is 0 Å². The van der Waals surface area contributed by atoms with E-state index < -0.39 is 30.1 Å². The third-order valence-electron chi connectivity index (χ3n) is 6.16. The number of carboxylic acids is 1. The van der Waals surface area contributed by atoms with Gasteiger partial charge in [-0.15, -0.1) is 0 Å². The van der Waals surface area contributed by atoms with Crippen LogP contribution >= 0.6 is 0 Å². The van der Waals surface area contributed by atoms with Gasteiger partial charge in [-0.25, -0.2) is 9.59 Å². The largest absolute Gasteiger partial charge is 0.480 e. The van der Waals surface area contributed by atoms with Crippen LogP contribution in [0.4, 0.5) is 4.79 Å². The number of hydrogen-bond donors (Lipinski definition) is 3. The number of amides is 2. The van der Waals surface area contributed by atoms with Gasteiger partial charge >= 0.3 is 12.1 Å². The first kappa shape index (κ1) is 22.8. The molecule has 2 aliphatic carbocycles. The van der Waals surface area contributed by atoms with Crippen LogP contribution in [-0.2, 0) is 14.3 Å². The van der Waals surface area contributed by atoms with E-state index in [9.17, 15) is 19.5 Å². The van der Waals surface area contributed by atoms with E-state index in [2.05, 4.69) is 22.8 Å². The van der Waals surface area contributed by atoms with Gasteiger partial charge in [-0.3, -0.25) is 4.79 Å². The molecule has 0 aromatic heterocycles. The Morgan fingerprint density at radius 1 is 1.00 bits per heavy atom. The maximum Gasteiger partial charge on any atom is 0.407 e. The molecule has 8 nitrogen and oxygen atoms in total. The zero-order chi connectivity index (χ0) is 23.5. The van der Waals surface area contributed by atoms with E-state index in [1.165, 1.54) is 0 Å². The fourth-order valence-electron chi connectivity index (χ4n) is 4.41. The summed E-state index contributed by atoms with van der Waals surface area (Å²) >= 11 is 0. The third-order valence-corrected chi connectivity index (χ3v) is 6.16. The monoisotopic (exact) mass is 451 g/mol. The lowest BCUT2D eigenvalue weighted by Gasteiger charge is -2.23. The standard InChI is InChI=1S/C25H29N3O5/c1-28(2)13-21(24(30)31)26-23(29)22(15-11-12-15)27-25(32)33-14-20-18-9-5-3-7-16(18)17-8-4-6-10-19(17)20/h3-10,15,20-22H,11-14H2,1-2H3,(H,26,29)(H,27,32)(H,30,31)/t21-,22?/m0/s1. The number of carbonyl (C=O) groups is 3. The number of aliphatic carboxylic acids is 1. The number of rotatable bonds is 9. The van der Waals surface area contributed by atoms with Gasteiger partial charge < -0.3 is 25.4 Å². The van der Waals surface area contributed by atoms with Crippen LogP contribution in [0, 0.1) is 5.92 Å². The summed E-state index contributed by atoms with van der Waals surface area (Å²) in [6.45, 7) is 0.306. The van der Waals surface area contributed by atoms with E-state index >= 15 is 0 Å². The molecule has 174 valence electrons. The fourth-order valence-corrected chi connectivity index (χ4v) is 4.41. The van der Waals surface area contributed by atoms with Crippen LogP contribution in [0.15, 0.2) is 48.5 Å². The Morgan fingerprint density at radius 3 is 2.09 bits per heavy atom. The minimum Gasteiger partial charge on any atom is -0.480 e. The van der Waals surface area contributed by atoms with Gasteiger partial charge in [0.05, 0.1) is 0 Å².